The van der Waals surface area contributed by atoms with Crippen LogP contribution in [0.3, 0.4) is 0 Å². The Morgan fingerprint density at radius 3 is 2.74 bits per heavy atom. The van der Waals surface area contributed by atoms with Gasteiger partial charge in [0.05, 0.1) is 27.2 Å². The number of benzene rings is 1. The first-order valence-electron chi connectivity index (χ1n) is 8.00. The van der Waals surface area contributed by atoms with E-state index in [1.54, 1.807) is 4.57 Å². The molecule has 0 aliphatic heterocycles. The molecule has 3 aromatic heterocycles. The summed E-state index contributed by atoms with van der Waals surface area (Å²) in [5.74, 6) is -1.20. The highest BCUT2D eigenvalue weighted by Gasteiger charge is 2.19. The van der Waals surface area contributed by atoms with E-state index in [-0.39, 0.29) is 21.4 Å². The van der Waals surface area contributed by atoms with Crippen molar-refractivity contribution in [2.75, 3.05) is 0 Å². The number of hydrogen-bond donors (Lipinski definition) is 2. The van der Waals surface area contributed by atoms with Gasteiger partial charge in [-0.3, -0.25) is 14.3 Å². The van der Waals surface area contributed by atoms with Crippen molar-refractivity contribution in [3.63, 3.8) is 0 Å². The molecule has 0 amide bonds. The minimum atomic E-state index is -1.20. The number of aromatic carboxylic acids is 1. The van der Waals surface area contributed by atoms with Crippen LogP contribution in [0.5, 0.6) is 0 Å². The van der Waals surface area contributed by atoms with E-state index in [4.69, 9.17) is 12.2 Å². The lowest BCUT2D eigenvalue weighted by atomic mass is 10.1. The van der Waals surface area contributed by atoms with E-state index in [0.29, 0.717) is 11.4 Å². The van der Waals surface area contributed by atoms with Crippen molar-refractivity contribution in [1.29, 1.82) is 0 Å². The average molecular weight is 395 g/mol. The van der Waals surface area contributed by atoms with Crippen LogP contribution in [-0.4, -0.2) is 25.6 Å². The largest absolute Gasteiger partial charge is 0.478 e. The van der Waals surface area contributed by atoms with Crippen molar-refractivity contribution >= 4 is 40.6 Å². The van der Waals surface area contributed by atoms with Gasteiger partial charge < -0.3 is 5.11 Å². The molecule has 27 heavy (non-hydrogen) atoms. The van der Waals surface area contributed by atoms with Crippen molar-refractivity contribution in [3.8, 4) is 16.3 Å². The molecule has 0 saturated carbocycles. The monoisotopic (exact) mass is 395 g/mol. The summed E-state index contributed by atoms with van der Waals surface area (Å²) in [5, 5.41) is 11.6. The maximum absolute atomic E-state index is 12.5. The SMILES string of the molecule is Cc1cccc(-n2c(=S)[nH]c(=O)c3c(C(=O)O)cc(-c4cccs4)nc32)c1. The van der Waals surface area contributed by atoms with E-state index in [0.717, 1.165) is 10.4 Å². The van der Waals surface area contributed by atoms with Crippen LogP contribution in [0.15, 0.2) is 52.6 Å². The number of aryl methyl sites for hydroxylation is 1. The summed E-state index contributed by atoms with van der Waals surface area (Å²) in [4.78, 5) is 32.4. The topological polar surface area (TPSA) is 88.0 Å². The number of rotatable bonds is 3. The maximum Gasteiger partial charge on any atom is 0.336 e. The number of hydrogen-bond acceptors (Lipinski definition) is 5. The summed E-state index contributed by atoms with van der Waals surface area (Å²) in [5.41, 5.74) is 1.73. The molecule has 4 rings (SSSR count). The molecule has 0 aliphatic carbocycles. The van der Waals surface area contributed by atoms with Gasteiger partial charge in [-0.2, -0.15) is 0 Å². The Hall–Kier alpha value is -3.10. The fourth-order valence-corrected chi connectivity index (χ4v) is 3.93. The molecule has 0 atom stereocenters. The third-order valence-corrected chi connectivity index (χ3v) is 5.30. The molecule has 0 radical (unpaired) electrons. The van der Waals surface area contributed by atoms with Gasteiger partial charge in [-0.25, -0.2) is 9.78 Å². The molecule has 8 heteroatoms. The number of pyridine rings is 1. The van der Waals surface area contributed by atoms with Gasteiger partial charge in [-0.15, -0.1) is 11.3 Å². The molecule has 0 spiro atoms. The Labute approximate surface area is 162 Å². The lowest BCUT2D eigenvalue weighted by Gasteiger charge is -2.13. The summed E-state index contributed by atoms with van der Waals surface area (Å²) < 4.78 is 1.76. The van der Waals surface area contributed by atoms with Gasteiger partial charge >= 0.3 is 5.97 Å². The minimum Gasteiger partial charge on any atom is -0.478 e. The molecule has 4 aromatic rings. The van der Waals surface area contributed by atoms with E-state index in [9.17, 15) is 14.7 Å². The zero-order valence-corrected chi connectivity index (χ0v) is 15.7. The fraction of sp³-hybridized carbons (Fsp3) is 0.0526. The average Bonchev–Trinajstić information content (AvgIpc) is 3.15. The number of aromatic amines is 1. The highest BCUT2D eigenvalue weighted by atomic mass is 32.1. The zero-order valence-electron chi connectivity index (χ0n) is 14.1. The van der Waals surface area contributed by atoms with Crippen molar-refractivity contribution in [1.82, 2.24) is 14.5 Å². The van der Waals surface area contributed by atoms with Gasteiger partial charge in [0.15, 0.2) is 10.4 Å². The van der Waals surface area contributed by atoms with Gasteiger partial charge in [0.25, 0.3) is 5.56 Å². The van der Waals surface area contributed by atoms with Crippen molar-refractivity contribution in [3.05, 3.63) is 74.1 Å². The predicted octanol–water partition coefficient (Wildman–Crippen LogP) is 4.18. The lowest BCUT2D eigenvalue weighted by molar-refractivity contribution is 0.0699. The van der Waals surface area contributed by atoms with E-state index in [2.05, 4.69) is 9.97 Å². The number of nitrogens with one attached hydrogen (secondary N) is 1. The Morgan fingerprint density at radius 2 is 2.07 bits per heavy atom. The zero-order chi connectivity index (χ0) is 19.1. The van der Waals surface area contributed by atoms with Crippen LogP contribution >= 0.6 is 23.6 Å². The van der Waals surface area contributed by atoms with E-state index < -0.39 is 11.5 Å². The summed E-state index contributed by atoms with van der Waals surface area (Å²) in [7, 11) is 0. The van der Waals surface area contributed by atoms with Crippen LogP contribution in [0.4, 0.5) is 0 Å². The van der Waals surface area contributed by atoms with E-state index in [1.165, 1.54) is 17.4 Å². The first-order valence-corrected chi connectivity index (χ1v) is 9.29. The third-order valence-electron chi connectivity index (χ3n) is 4.13. The Morgan fingerprint density at radius 1 is 1.26 bits per heavy atom. The fourth-order valence-electron chi connectivity index (χ4n) is 2.95. The normalized spacial score (nSPS) is 11.0. The Bertz CT molecular complexity index is 1300. The number of nitrogens with zero attached hydrogens (tertiary/aromatic N) is 2. The number of H-pyrrole nitrogens is 1. The van der Waals surface area contributed by atoms with Crippen LogP contribution in [-0.2, 0) is 0 Å². The molecule has 0 aliphatic rings. The molecule has 3 heterocycles. The lowest BCUT2D eigenvalue weighted by Crippen LogP contribution is -2.18. The highest BCUT2D eigenvalue weighted by Crippen LogP contribution is 2.28. The van der Waals surface area contributed by atoms with Crippen LogP contribution in [0.2, 0.25) is 0 Å². The summed E-state index contributed by atoms with van der Waals surface area (Å²) in [6.07, 6.45) is 0. The second-order valence-corrected chi connectivity index (χ2v) is 7.30. The first kappa shape index (κ1) is 17.3. The molecule has 0 saturated heterocycles. The number of fused-ring (bicyclic) bond motifs is 1. The molecule has 6 nitrogen and oxygen atoms in total. The van der Waals surface area contributed by atoms with Crippen LogP contribution in [0.1, 0.15) is 15.9 Å². The Balaban J connectivity index is 2.20. The van der Waals surface area contributed by atoms with E-state index >= 15 is 0 Å². The smallest absolute Gasteiger partial charge is 0.336 e. The van der Waals surface area contributed by atoms with Crippen LogP contribution in [0.25, 0.3) is 27.3 Å². The van der Waals surface area contributed by atoms with Crippen LogP contribution in [0, 0.1) is 11.7 Å². The van der Waals surface area contributed by atoms with Gasteiger partial charge in [0.1, 0.15) is 0 Å². The molecule has 1 aromatic carbocycles. The molecular weight excluding hydrogens is 382 g/mol. The molecule has 0 unspecified atom stereocenters. The second-order valence-electron chi connectivity index (χ2n) is 5.97. The predicted molar refractivity (Wildman–Crippen MR) is 108 cm³/mol. The first-order chi connectivity index (χ1) is 13.0. The van der Waals surface area contributed by atoms with Gasteiger partial charge in [-0.05, 0) is 54.4 Å². The summed E-state index contributed by atoms with van der Waals surface area (Å²) in [6, 6.07) is 12.7. The third kappa shape index (κ3) is 2.98. The molecule has 2 N–H and O–H groups in total. The number of carboxylic acid groups (broad SMARTS) is 1. The molecule has 134 valence electrons. The van der Waals surface area contributed by atoms with Gasteiger partial charge in [0.2, 0.25) is 0 Å². The number of carboxylic acids is 1. The molecular formula is C19H13N3O3S2. The van der Waals surface area contributed by atoms with Crippen molar-refractivity contribution in [2.45, 2.75) is 6.92 Å². The summed E-state index contributed by atoms with van der Waals surface area (Å²) in [6.45, 7) is 1.94. The second kappa shape index (κ2) is 6.57. The Kier molecular flexibility index (Phi) is 4.21. The molecule has 0 bridgehead atoms. The van der Waals surface area contributed by atoms with Crippen LogP contribution < -0.4 is 5.56 Å². The van der Waals surface area contributed by atoms with Crippen molar-refractivity contribution < 1.29 is 9.90 Å². The number of aromatic nitrogens is 3. The maximum atomic E-state index is 12.5. The number of thiophene rings is 1. The number of carbonyl (C=O) groups is 1. The standard InChI is InChI=1S/C19H13N3O3S2/c1-10-4-2-5-11(8-10)22-16-15(17(23)21-19(22)26)12(18(24)25)9-13(20-16)14-6-3-7-27-14/h2-9H,1H3,(H,24,25)(H,21,23,26). The van der Waals surface area contributed by atoms with Gasteiger partial charge in [0, 0.05) is 0 Å². The quantitative estimate of drug-likeness (QED) is 0.508. The van der Waals surface area contributed by atoms with E-state index in [1.807, 2.05) is 48.7 Å². The summed E-state index contributed by atoms with van der Waals surface area (Å²) >= 11 is 6.81. The highest BCUT2D eigenvalue weighted by molar-refractivity contribution is 7.71. The minimum absolute atomic E-state index is 0.00193. The molecule has 0 fully saturated rings. The van der Waals surface area contributed by atoms with Gasteiger partial charge in [-0.1, -0.05) is 18.2 Å². The van der Waals surface area contributed by atoms with Crippen molar-refractivity contribution in [2.24, 2.45) is 0 Å².